The number of benzene rings is 1. The highest BCUT2D eigenvalue weighted by Gasteiger charge is 2.17. The molecule has 1 aromatic heterocycles. The van der Waals surface area contributed by atoms with Crippen molar-refractivity contribution in [2.45, 2.75) is 6.54 Å². The molecule has 0 aliphatic carbocycles. The van der Waals surface area contributed by atoms with Gasteiger partial charge in [0, 0.05) is 11.1 Å². The van der Waals surface area contributed by atoms with Crippen LogP contribution in [0.1, 0.15) is 10.4 Å². The number of amides is 1. The van der Waals surface area contributed by atoms with Crippen molar-refractivity contribution in [1.29, 1.82) is 0 Å². The van der Waals surface area contributed by atoms with Crippen LogP contribution in [0.15, 0.2) is 41.3 Å². The Balaban J connectivity index is 2.18. The molecule has 0 saturated carbocycles. The first-order valence-electron chi connectivity index (χ1n) is 6.45. The van der Waals surface area contributed by atoms with Crippen LogP contribution in [0.4, 0.5) is 5.69 Å². The van der Waals surface area contributed by atoms with Crippen LogP contribution in [0.2, 0.25) is 5.02 Å². The van der Waals surface area contributed by atoms with E-state index in [1.54, 1.807) is 24.3 Å². The fraction of sp³-hybridized carbons (Fsp3) is 0.143. The van der Waals surface area contributed by atoms with Crippen molar-refractivity contribution in [2.75, 3.05) is 6.61 Å². The number of pyridine rings is 1. The van der Waals surface area contributed by atoms with Gasteiger partial charge in [0.15, 0.2) is 0 Å². The van der Waals surface area contributed by atoms with Crippen molar-refractivity contribution < 1.29 is 14.5 Å². The van der Waals surface area contributed by atoms with Gasteiger partial charge in [-0.1, -0.05) is 11.6 Å². The molecule has 1 aromatic carbocycles. The number of ether oxygens (including phenoxy) is 1. The summed E-state index contributed by atoms with van der Waals surface area (Å²) < 4.78 is 6.44. The first-order chi connectivity index (χ1) is 10.9. The molecule has 0 aliphatic rings. The number of primary amides is 1. The fourth-order valence-corrected chi connectivity index (χ4v) is 1.98. The Hall–Kier alpha value is -2.87. The van der Waals surface area contributed by atoms with Crippen molar-refractivity contribution in [3.05, 3.63) is 67.6 Å². The lowest BCUT2D eigenvalue weighted by Gasteiger charge is -2.09. The van der Waals surface area contributed by atoms with E-state index in [1.165, 1.54) is 0 Å². The zero-order chi connectivity index (χ0) is 17.0. The van der Waals surface area contributed by atoms with Gasteiger partial charge in [-0.25, -0.2) is 0 Å². The lowest BCUT2D eigenvalue weighted by molar-refractivity contribution is -0.385. The molecule has 9 heteroatoms. The van der Waals surface area contributed by atoms with Crippen molar-refractivity contribution in [2.24, 2.45) is 5.73 Å². The first-order valence-corrected chi connectivity index (χ1v) is 6.83. The lowest BCUT2D eigenvalue weighted by atomic mass is 10.2. The van der Waals surface area contributed by atoms with Crippen LogP contribution in [-0.4, -0.2) is 22.0 Å². The minimum absolute atomic E-state index is 0.0173. The number of halogens is 1. The van der Waals surface area contributed by atoms with Crippen LogP contribution in [0.5, 0.6) is 5.75 Å². The Morgan fingerprint density at radius 2 is 2.00 bits per heavy atom. The van der Waals surface area contributed by atoms with Gasteiger partial charge in [0.2, 0.25) is 0 Å². The quantitative estimate of drug-likeness (QED) is 0.634. The number of nitrogens with zero attached hydrogens (tertiary/aromatic N) is 2. The number of carbonyl (C=O) groups is 1. The minimum atomic E-state index is -1.02. The topological polar surface area (TPSA) is 117 Å². The summed E-state index contributed by atoms with van der Waals surface area (Å²) in [6.45, 7) is 0.0876. The zero-order valence-corrected chi connectivity index (χ0v) is 12.5. The monoisotopic (exact) mass is 337 g/mol. The second kappa shape index (κ2) is 6.93. The predicted octanol–water partition coefficient (Wildman–Crippen LogP) is 1.59. The van der Waals surface area contributed by atoms with Gasteiger partial charge in [-0.15, -0.1) is 0 Å². The molecular formula is C14H12ClN3O5. The SMILES string of the molecule is NC(=O)c1cc([N+](=O)[O-])cn(CCOc2ccc(Cl)cc2)c1=O. The molecule has 120 valence electrons. The molecule has 2 aromatic rings. The van der Waals surface area contributed by atoms with Gasteiger partial charge in [-0.05, 0) is 24.3 Å². The second-order valence-corrected chi connectivity index (χ2v) is 4.97. The van der Waals surface area contributed by atoms with E-state index in [-0.39, 0.29) is 13.2 Å². The summed E-state index contributed by atoms with van der Waals surface area (Å²) >= 11 is 5.75. The molecule has 1 amide bonds. The van der Waals surface area contributed by atoms with E-state index in [1.807, 2.05) is 0 Å². The van der Waals surface area contributed by atoms with Crippen molar-refractivity contribution in [3.63, 3.8) is 0 Å². The van der Waals surface area contributed by atoms with Crippen LogP contribution in [-0.2, 0) is 6.54 Å². The van der Waals surface area contributed by atoms with Crippen LogP contribution in [0.25, 0.3) is 0 Å². The molecule has 0 atom stereocenters. The van der Waals surface area contributed by atoms with Gasteiger partial charge in [-0.2, -0.15) is 0 Å². The molecule has 0 aliphatic heterocycles. The molecular weight excluding hydrogens is 326 g/mol. The van der Waals surface area contributed by atoms with Crippen molar-refractivity contribution in [1.82, 2.24) is 4.57 Å². The number of aromatic nitrogens is 1. The third-order valence-electron chi connectivity index (χ3n) is 2.96. The van der Waals surface area contributed by atoms with Gasteiger partial charge >= 0.3 is 0 Å². The van der Waals surface area contributed by atoms with Gasteiger partial charge in [0.05, 0.1) is 17.7 Å². The normalized spacial score (nSPS) is 10.3. The van der Waals surface area contributed by atoms with Gasteiger partial charge in [-0.3, -0.25) is 19.7 Å². The number of carbonyl (C=O) groups excluding carboxylic acids is 1. The summed E-state index contributed by atoms with van der Waals surface area (Å²) in [5.41, 5.74) is 3.52. The Kier molecular flexibility index (Phi) is 4.97. The van der Waals surface area contributed by atoms with E-state index in [2.05, 4.69) is 0 Å². The largest absolute Gasteiger partial charge is 0.492 e. The molecule has 8 nitrogen and oxygen atoms in total. The van der Waals surface area contributed by atoms with Crippen LogP contribution in [0.3, 0.4) is 0 Å². The standard InChI is InChI=1S/C14H12ClN3O5/c15-9-1-3-11(4-2-9)23-6-5-17-8-10(18(21)22)7-12(13(16)19)14(17)20/h1-4,7-8H,5-6H2,(H2,16,19). The van der Waals surface area contributed by atoms with E-state index in [0.717, 1.165) is 16.8 Å². The zero-order valence-electron chi connectivity index (χ0n) is 11.8. The Morgan fingerprint density at radius 3 is 2.57 bits per heavy atom. The summed E-state index contributed by atoms with van der Waals surface area (Å²) in [6.07, 6.45) is 1.04. The van der Waals surface area contributed by atoms with E-state index >= 15 is 0 Å². The highest BCUT2D eigenvalue weighted by atomic mass is 35.5. The van der Waals surface area contributed by atoms with Crippen molar-refractivity contribution >= 4 is 23.2 Å². The van der Waals surface area contributed by atoms with Gasteiger partial charge < -0.3 is 15.0 Å². The maximum Gasteiger partial charge on any atom is 0.286 e. The second-order valence-electron chi connectivity index (χ2n) is 4.53. The number of hydrogen-bond acceptors (Lipinski definition) is 5. The fourth-order valence-electron chi connectivity index (χ4n) is 1.86. The molecule has 2 N–H and O–H groups in total. The highest BCUT2D eigenvalue weighted by Crippen LogP contribution is 2.15. The van der Waals surface area contributed by atoms with Gasteiger partial charge in [0.25, 0.3) is 17.2 Å². The molecule has 0 saturated heterocycles. The number of nitrogens with two attached hydrogens (primary N) is 1. The van der Waals surface area contributed by atoms with Gasteiger partial charge in [0.1, 0.15) is 17.9 Å². The summed E-state index contributed by atoms with van der Waals surface area (Å²) in [7, 11) is 0. The van der Waals surface area contributed by atoms with E-state index < -0.39 is 27.6 Å². The van der Waals surface area contributed by atoms with E-state index in [9.17, 15) is 19.7 Å². The molecule has 1 heterocycles. The molecule has 0 unspecified atom stereocenters. The summed E-state index contributed by atoms with van der Waals surface area (Å²) in [5.74, 6) is -0.492. The van der Waals surface area contributed by atoms with Crippen LogP contribution >= 0.6 is 11.6 Å². The summed E-state index contributed by atoms with van der Waals surface area (Å²) in [4.78, 5) is 33.4. The van der Waals surface area contributed by atoms with E-state index in [4.69, 9.17) is 22.1 Å². The Morgan fingerprint density at radius 1 is 1.35 bits per heavy atom. The van der Waals surface area contributed by atoms with Crippen molar-refractivity contribution in [3.8, 4) is 5.75 Å². The molecule has 0 radical (unpaired) electrons. The maximum absolute atomic E-state index is 12.0. The molecule has 2 rings (SSSR count). The highest BCUT2D eigenvalue weighted by molar-refractivity contribution is 6.30. The third kappa shape index (κ3) is 4.07. The average molecular weight is 338 g/mol. The first kappa shape index (κ1) is 16.5. The predicted molar refractivity (Wildman–Crippen MR) is 82.8 cm³/mol. The third-order valence-corrected chi connectivity index (χ3v) is 3.21. The average Bonchev–Trinajstić information content (AvgIpc) is 2.50. The Labute approximate surface area is 135 Å². The molecule has 0 fully saturated rings. The van der Waals surface area contributed by atoms with E-state index in [0.29, 0.717) is 10.8 Å². The number of rotatable bonds is 6. The minimum Gasteiger partial charge on any atom is -0.492 e. The smallest absolute Gasteiger partial charge is 0.286 e. The lowest BCUT2D eigenvalue weighted by Crippen LogP contribution is -2.31. The van der Waals surface area contributed by atoms with Crippen LogP contribution < -0.4 is 16.0 Å². The molecule has 0 bridgehead atoms. The maximum atomic E-state index is 12.0. The summed E-state index contributed by atoms with van der Waals surface area (Å²) in [6, 6.07) is 7.44. The summed E-state index contributed by atoms with van der Waals surface area (Å²) in [5, 5.41) is 11.4. The molecule has 0 spiro atoms. The Bertz CT molecular complexity index is 801. The van der Waals surface area contributed by atoms with Crippen LogP contribution in [0, 0.1) is 10.1 Å². The number of nitro groups is 1. The molecule has 23 heavy (non-hydrogen) atoms. The number of hydrogen-bond donors (Lipinski definition) is 1.